The first kappa shape index (κ1) is 17.5. The number of thioether (sulfide) groups is 1. The molecular weight excluding hydrogens is 316 g/mol. The van der Waals surface area contributed by atoms with Gasteiger partial charge in [0.15, 0.2) is 0 Å². The van der Waals surface area contributed by atoms with Crippen LogP contribution in [0.15, 0.2) is 18.2 Å². The van der Waals surface area contributed by atoms with E-state index < -0.39 is 0 Å². The van der Waals surface area contributed by atoms with Gasteiger partial charge in [-0.25, -0.2) is 0 Å². The maximum absolute atomic E-state index is 12.1. The lowest BCUT2D eigenvalue weighted by Crippen LogP contribution is -2.32. The summed E-state index contributed by atoms with van der Waals surface area (Å²) in [4.78, 5) is 25.3. The third kappa shape index (κ3) is 4.54. The zero-order valence-corrected chi connectivity index (χ0v) is 14.4. The van der Waals surface area contributed by atoms with Crippen molar-refractivity contribution in [3.63, 3.8) is 0 Å². The highest BCUT2D eigenvalue weighted by atomic mass is 32.2. The van der Waals surface area contributed by atoms with E-state index >= 15 is 0 Å². The molecular formula is C16H22N2O4S. The van der Waals surface area contributed by atoms with Gasteiger partial charge < -0.3 is 19.7 Å². The van der Waals surface area contributed by atoms with Crippen LogP contribution in [0.25, 0.3) is 0 Å². The first-order chi connectivity index (χ1) is 11.0. The number of ether oxygens (including phenoxy) is 2. The van der Waals surface area contributed by atoms with Gasteiger partial charge in [0, 0.05) is 36.9 Å². The predicted octanol–water partition coefficient (Wildman–Crippen LogP) is 2.44. The van der Waals surface area contributed by atoms with E-state index in [1.165, 1.54) is 11.8 Å². The van der Waals surface area contributed by atoms with Crippen molar-refractivity contribution in [2.24, 2.45) is 0 Å². The van der Waals surface area contributed by atoms with Crippen LogP contribution in [0.1, 0.15) is 24.9 Å². The Labute approximate surface area is 140 Å². The predicted molar refractivity (Wildman–Crippen MR) is 90.1 cm³/mol. The molecule has 1 fully saturated rings. The van der Waals surface area contributed by atoms with Crippen LogP contribution in [-0.2, 0) is 4.79 Å². The Morgan fingerprint density at radius 3 is 2.78 bits per heavy atom. The van der Waals surface area contributed by atoms with Gasteiger partial charge in [-0.2, -0.15) is 0 Å². The van der Waals surface area contributed by atoms with Crippen LogP contribution in [0.3, 0.4) is 0 Å². The van der Waals surface area contributed by atoms with Gasteiger partial charge in [0.05, 0.1) is 20.3 Å². The lowest BCUT2D eigenvalue weighted by atomic mass is 10.1. The maximum atomic E-state index is 12.1. The maximum Gasteiger partial charge on any atom is 0.281 e. The van der Waals surface area contributed by atoms with E-state index in [1.54, 1.807) is 25.2 Å². The summed E-state index contributed by atoms with van der Waals surface area (Å²) in [5.74, 6) is 2.09. The molecule has 126 valence electrons. The van der Waals surface area contributed by atoms with Crippen molar-refractivity contribution >= 4 is 22.9 Å². The number of hydrogen-bond acceptors (Lipinski definition) is 5. The standard InChI is InChI=1S/C16H22N2O4S/c1-11(13-5-4-12(21-2)10-14(13)22-3)17-15(19)6-7-18-8-9-23-16(18)20/h4-5,10-11H,6-9H2,1-3H3,(H,17,19)/t11-/m0/s1. The molecule has 2 rings (SSSR count). The molecule has 1 aromatic carbocycles. The molecule has 1 atom stereocenters. The number of rotatable bonds is 7. The fourth-order valence-corrected chi connectivity index (χ4v) is 3.28. The summed E-state index contributed by atoms with van der Waals surface area (Å²) >= 11 is 1.30. The highest BCUT2D eigenvalue weighted by Crippen LogP contribution is 2.29. The molecule has 0 saturated carbocycles. The molecule has 1 heterocycles. The smallest absolute Gasteiger partial charge is 0.281 e. The van der Waals surface area contributed by atoms with E-state index in [-0.39, 0.29) is 17.2 Å². The quantitative estimate of drug-likeness (QED) is 0.827. The second-order valence-corrected chi connectivity index (χ2v) is 6.29. The molecule has 0 aromatic heterocycles. The minimum atomic E-state index is -0.188. The third-order valence-corrected chi connectivity index (χ3v) is 4.63. The molecule has 0 spiro atoms. The van der Waals surface area contributed by atoms with Crippen LogP contribution in [0.2, 0.25) is 0 Å². The zero-order chi connectivity index (χ0) is 16.8. The molecule has 0 aliphatic carbocycles. The van der Waals surface area contributed by atoms with Crippen LogP contribution in [0.5, 0.6) is 11.5 Å². The Hall–Kier alpha value is -1.89. The Kier molecular flexibility index (Phi) is 6.15. The Morgan fingerprint density at radius 1 is 1.39 bits per heavy atom. The van der Waals surface area contributed by atoms with Crippen molar-refractivity contribution in [1.82, 2.24) is 10.2 Å². The normalized spacial score (nSPS) is 15.4. The van der Waals surface area contributed by atoms with Gasteiger partial charge in [0.1, 0.15) is 11.5 Å². The monoisotopic (exact) mass is 338 g/mol. The van der Waals surface area contributed by atoms with Crippen LogP contribution in [0, 0.1) is 0 Å². The summed E-state index contributed by atoms with van der Waals surface area (Å²) in [5.41, 5.74) is 0.884. The van der Waals surface area contributed by atoms with Crippen LogP contribution in [-0.4, -0.2) is 49.1 Å². The second kappa shape index (κ2) is 8.10. The van der Waals surface area contributed by atoms with E-state index in [0.717, 1.165) is 17.9 Å². The number of carbonyl (C=O) groups excluding carboxylic acids is 2. The van der Waals surface area contributed by atoms with Crippen molar-refractivity contribution in [3.05, 3.63) is 23.8 Å². The molecule has 1 saturated heterocycles. The number of nitrogens with one attached hydrogen (secondary N) is 1. The molecule has 1 aliphatic heterocycles. The van der Waals surface area contributed by atoms with Gasteiger partial charge >= 0.3 is 0 Å². The summed E-state index contributed by atoms with van der Waals surface area (Å²) in [6.07, 6.45) is 0.301. The molecule has 1 N–H and O–H groups in total. The zero-order valence-electron chi connectivity index (χ0n) is 13.6. The minimum absolute atomic E-state index is 0.0580. The average molecular weight is 338 g/mol. The van der Waals surface area contributed by atoms with Gasteiger partial charge in [-0.05, 0) is 19.1 Å². The Balaban J connectivity index is 1.91. The molecule has 6 nitrogen and oxygen atoms in total. The third-order valence-electron chi connectivity index (χ3n) is 3.74. The molecule has 0 bridgehead atoms. The largest absolute Gasteiger partial charge is 0.497 e. The Bertz CT molecular complexity index is 579. The Morgan fingerprint density at radius 2 is 2.17 bits per heavy atom. The van der Waals surface area contributed by atoms with E-state index in [1.807, 2.05) is 19.1 Å². The first-order valence-electron chi connectivity index (χ1n) is 7.48. The van der Waals surface area contributed by atoms with Crippen molar-refractivity contribution < 1.29 is 19.1 Å². The number of methoxy groups -OCH3 is 2. The number of amides is 2. The van der Waals surface area contributed by atoms with Gasteiger partial charge in [0.2, 0.25) is 5.91 Å². The summed E-state index contributed by atoms with van der Waals surface area (Å²) in [6, 6.07) is 5.31. The number of nitrogens with zero attached hydrogens (tertiary/aromatic N) is 1. The molecule has 7 heteroatoms. The summed E-state index contributed by atoms with van der Waals surface area (Å²) in [5, 5.41) is 3.00. The molecule has 2 amide bonds. The highest BCUT2D eigenvalue weighted by molar-refractivity contribution is 8.13. The average Bonchev–Trinajstić information content (AvgIpc) is 2.97. The van der Waals surface area contributed by atoms with Crippen molar-refractivity contribution in [3.8, 4) is 11.5 Å². The van der Waals surface area contributed by atoms with Crippen LogP contribution >= 0.6 is 11.8 Å². The summed E-state index contributed by atoms with van der Waals surface area (Å²) in [7, 11) is 3.18. The van der Waals surface area contributed by atoms with Gasteiger partial charge in [-0.1, -0.05) is 11.8 Å². The molecule has 0 radical (unpaired) electrons. The van der Waals surface area contributed by atoms with Crippen molar-refractivity contribution in [2.45, 2.75) is 19.4 Å². The van der Waals surface area contributed by atoms with Crippen LogP contribution in [0.4, 0.5) is 4.79 Å². The lowest BCUT2D eigenvalue weighted by molar-refractivity contribution is -0.121. The molecule has 0 unspecified atom stereocenters. The fraction of sp³-hybridized carbons (Fsp3) is 0.500. The second-order valence-electron chi connectivity index (χ2n) is 5.25. The number of hydrogen-bond donors (Lipinski definition) is 1. The van der Waals surface area contributed by atoms with Crippen molar-refractivity contribution in [1.29, 1.82) is 0 Å². The molecule has 23 heavy (non-hydrogen) atoms. The minimum Gasteiger partial charge on any atom is -0.497 e. The van der Waals surface area contributed by atoms with Gasteiger partial charge in [-0.15, -0.1) is 0 Å². The number of benzene rings is 1. The molecule has 1 aromatic rings. The van der Waals surface area contributed by atoms with E-state index in [2.05, 4.69) is 5.32 Å². The van der Waals surface area contributed by atoms with E-state index in [4.69, 9.17) is 9.47 Å². The topological polar surface area (TPSA) is 67.9 Å². The van der Waals surface area contributed by atoms with E-state index in [9.17, 15) is 9.59 Å². The summed E-state index contributed by atoms with van der Waals surface area (Å²) < 4.78 is 10.5. The lowest BCUT2D eigenvalue weighted by Gasteiger charge is -2.19. The SMILES string of the molecule is COc1ccc([C@H](C)NC(=O)CCN2CCSC2=O)c(OC)c1. The van der Waals surface area contributed by atoms with Crippen molar-refractivity contribution in [2.75, 3.05) is 33.1 Å². The van der Waals surface area contributed by atoms with Gasteiger partial charge in [0.25, 0.3) is 5.24 Å². The summed E-state index contributed by atoms with van der Waals surface area (Å²) in [6.45, 7) is 3.09. The highest BCUT2D eigenvalue weighted by Gasteiger charge is 2.22. The molecule has 1 aliphatic rings. The van der Waals surface area contributed by atoms with Crippen LogP contribution < -0.4 is 14.8 Å². The van der Waals surface area contributed by atoms with Gasteiger partial charge in [-0.3, -0.25) is 9.59 Å². The number of carbonyl (C=O) groups is 2. The first-order valence-corrected chi connectivity index (χ1v) is 8.46. The van der Waals surface area contributed by atoms with E-state index in [0.29, 0.717) is 24.5 Å². The fourth-order valence-electron chi connectivity index (χ4n) is 2.43.